The van der Waals surface area contributed by atoms with Gasteiger partial charge in [-0.05, 0) is 31.3 Å². The van der Waals surface area contributed by atoms with Crippen LogP contribution in [-0.2, 0) is 0 Å². The molecule has 0 saturated heterocycles. The highest BCUT2D eigenvalue weighted by atomic mass is 32.1. The van der Waals surface area contributed by atoms with Crippen LogP contribution in [0.15, 0.2) is 30.3 Å². The van der Waals surface area contributed by atoms with Crippen LogP contribution in [0, 0.1) is 12.7 Å². The first-order chi connectivity index (χ1) is 11.5. The van der Waals surface area contributed by atoms with E-state index in [2.05, 4.69) is 10.6 Å². The highest BCUT2D eigenvalue weighted by Crippen LogP contribution is 2.39. The van der Waals surface area contributed by atoms with E-state index in [1.165, 1.54) is 27.4 Å². The molecule has 0 aliphatic rings. The summed E-state index contributed by atoms with van der Waals surface area (Å²) in [5.74, 6) is 1.20. The van der Waals surface area contributed by atoms with Crippen molar-refractivity contribution < 1.29 is 18.6 Å². The van der Waals surface area contributed by atoms with Gasteiger partial charge in [0.05, 0.1) is 21.3 Å². The van der Waals surface area contributed by atoms with E-state index in [0.29, 0.717) is 39.3 Å². The van der Waals surface area contributed by atoms with Crippen LogP contribution in [0.5, 0.6) is 17.2 Å². The van der Waals surface area contributed by atoms with Gasteiger partial charge in [0.25, 0.3) is 0 Å². The molecule has 7 heteroatoms. The minimum atomic E-state index is -0.296. The summed E-state index contributed by atoms with van der Waals surface area (Å²) in [5.41, 5.74) is 1.74. The van der Waals surface area contributed by atoms with E-state index in [4.69, 9.17) is 26.4 Å². The van der Waals surface area contributed by atoms with Gasteiger partial charge in [0, 0.05) is 29.1 Å². The molecule has 0 aliphatic heterocycles. The third kappa shape index (κ3) is 3.86. The molecule has 2 aromatic carbocycles. The minimum Gasteiger partial charge on any atom is -0.493 e. The van der Waals surface area contributed by atoms with Gasteiger partial charge >= 0.3 is 0 Å². The molecule has 0 bridgehead atoms. The van der Waals surface area contributed by atoms with Crippen molar-refractivity contribution in [2.75, 3.05) is 32.0 Å². The molecule has 24 heavy (non-hydrogen) atoms. The molecule has 0 unspecified atom stereocenters. The van der Waals surface area contributed by atoms with E-state index in [0.717, 1.165) is 0 Å². The van der Waals surface area contributed by atoms with E-state index in [-0.39, 0.29) is 5.82 Å². The maximum atomic E-state index is 13.6. The van der Waals surface area contributed by atoms with Gasteiger partial charge in [0.2, 0.25) is 5.75 Å². The Morgan fingerprint density at radius 2 is 1.62 bits per heavy atom. The van der Waals surface area contributed by atoms with Crippen LogP contribution in [0.2, 0.25) is 0 Å². The summed E-state index contributed by atoms with van der Waals surface area (Å²) in [6.07, 6.45) is 0. The van der Waals surface area contributed by atoms with Crippen molar-refractivity contribution in [3.63, 3.8) is 0 Å². The molecule has 0 atom stereocenters. The smallest absolute Gasteiger partial charge is 0.203 e. The van der Waals surface area contributed by atoms with Gasteiger partial charge in [-0.2, -0.15) is 0 Å². The van der Waals surface area contributed by atoms with Gasteiger partial charge in [-0.1, -0.05) is 6.07 Å². The van der Waals surface area contributed by atoms with Crippen molar-refractivity contribution in [1.82, 2.24) is 0 Å². The Balaban J connectivity index is 2.21. The molecule has 2 rings (SSSR count). The number of anilines is 2. The summed E-state index contributed by atoms with van der Waals surface area (Å²) in [6, 6.07) is 8.23. The summed E-state index contributed by atoms with van der Waals surface area (Å²) in [4.78, 5) is 0. The number of hydrogen-bond acceptors (Lipinski definition) is 4. The van der Waals surface area contributed by atoms with Gasteiger partial charge in [-0.3, -0.25) is 0 Å². The molecule has 0 heterocycles. The van der Waals surface area contributed by atoms with Crippen molar-refractivity contribution in [2.24, 2.45) is 0 Å². The number of halogens is 1. The largest absolute Gasteiger partial charge is 0.493 e. The lowest BCUT2D eigenvalue weighted by Gasteiger charge is -2.16. The first-order valence-corrected chi connectivity index (χ1v) is 7.54. The fourth-order valence-corrected chi connectivity index (χ4v) is 2.41. The molecule has 0 spiro atoms. The summed E-state index contributed by atoms with van der Waals surface area (Å²) in [5, 5.41) is 6.31. The third-order valence-electron chi connectivity index (χ3n) is 3.44. The lowest BCUT2D eigenvalue weighted by molar-refractivity contribution is 0.324. The predicted molar refractivity (Wildman–Crippen MR) is 97.1 cm³/mol. The number of rotatable bonds is 5. The number of ether oxygens (including phenoxy) is 3. The van der Waals surface area contributed by atoms with Crippen LogP contribution in [0.1, 0.15) is 5.56 Å². The predicted octanol–water partition coefficient (Wildman–Crippen LogP) is 3.97. The maximum Gasteiger partial charge on any atom is 0.203 e. The van der Waals surface area contributed by atoms with E-state index in [9.17, 15) is 4.39 Å². The van der Waals surface area contributed by atoms with E-state index in [1.54, 1.807) is 31.2 Å². The number of nitrogens with one attached hydrogen (secondary N) is 2. The zero-order valence-electron chi connectivity index (χ0n) is 13.9. The van der Waals surface area contributed by atoms with E-state index >= 15 is 0 Å². The highest BCUT2D eigenvalue weighted by Gasteiger charge is 2.14. The number of methoxy groups -OCH3 is 3. The van der Waals surface area contributed by atoms with Gasteiger partial charge in [0.1, 0.15) is 5.82 Å². The Morgan fingerprint density at radius 3 is 2.17 bits per heavy atom. The van der Waals surface area contributed by atoms with Crippen molar-refractivity contribution in [1.29, 1.82) is 0 Å². The molecule has 128 valence electrons. The fourth-order valence-electron chi connectivity index (χ4n) is 2.18. The summed E-state index contributed by atoms with van der Waals surface area (Å²) >= 11 is 5.28. The van der Waals surface area contributed by atoms with Gasteiger partial charge < -0.3 is 24.8 Å². The molecule has 0 saturated carbocycles. The summed E-state index contributed by atoms with van der Waals surface area (Å²) in [6.45, 7) is 1.68. The molecule has 0 aliphatic carbocycles. The molecular formula is C17H19FN2O3S. The molecular weight excluding hydrogens is 331 g/mol. The van der Waals surface area contributed by atoms with Gasteiger partial charge in [0.15, 0.2) is 16.6 Å². The van der Waals surface area contributed by atoms with E-state index in [1.807, 2.05) is 0 Å². The van der Waals surface area contributed by atoms with Crippen LogP contribution in [0.25, 0.3) is 0 Å². The number of thiocarbonyl (C=S) groups is 1. The number of hydrogen-bond donors (Lipinski definition) is 2. The average Bonchev–Trinajstić information content (AvgIpc) is 2.57. The van der Waals surface area contributed by atoms with Crippen LogP contribution < -0.4 is 24.8 Å². The quantitative estimate of drug-likeness (QED) is 0.796. The molecule has 2 aromatic rings. The standard InChI is InChI=1S/C17H19FN2O3S/c1-10-12(18)6-5-7-13(10)20-17(24)19-11-8-14(21-2)16(23-4)15(9-11)22-3/h5-9H,1-4H3,(H2,19,20,24). The van der Waals surface area contributed by atoms with Crippen LogP contribution in [0.3, 0.4) is 0 Å². The zero-order chi connectivity index (χ0) is 17.7. The van der Waals surface area contributed by atoms with Gasteiger partial charge in [-0.15, -0.1) is 0 Å². The van der Waals surface area contributed by atoms with Crippen molar-refractivity contribution in [2.45, 2.75) is 6.92 Å². The minimum absolute atomic E-state index is 0.296. The zero-order valence-corrected chi connectivity index (χ0v) is 14.7. The first-order valence-electron chi connectivity index (χ1n) is 7.13. The van der Waals surface area contributed by atoms with Crippen LogP contribution in [0.4, 0.5) is 15.8 Å². The number of benzene rings is 2. The molecule has 5 nitrogen and oxygen atoms in total. The van der Waals surface area contributed by atoms with Crippen LogP contribution >= 0.6 is 12.2 Å². The van der Waals surface area contributed by atoms with Crippen molar-refractivity contribution >= 4 is 28.7 Å². The van der Waals surface area contributed by atoms with E-state index < -0.39 is 0 Å². The topological polar surface area (TPSA) is 51.8 Å². The molecule has 0 fully saturated rings. The summed E-state index contributed by atoms with van der Waals surface area (Å²) in [7, 11) is 4.61. The van der Waals surface area contributed by atoms with Crippen LogP contribution in [-0.4, -0.2) is 26.4 Å². The highest BCUT2D eigenvalue weighted by molar-refractivity contribution is 7.80. The second-order valence-electron chi connectivity index (χ2n) is 4.91. The lowest BCUT2D eigenvalue weighted by Crippen LogP contribution is -2.20. The van der Waals surface area contributed by atoms with Crippen molar-refractivity contribution in [3.8, 4) is 17.2 Å². The SMILES string of the molecule is COc1cc(NC(=S)Nc2cccc(F)c2C)cc(OC)c1OC. The Labute approximate surface area is 145 Å². The Morgan fingerprint density at radius 1 is 1.00 bits per heavy atom. The third-order valence-corrected chi connectivity index (χ3v) is 3.64. The Kier molecular flexibility index (Phi) is 5.81. The molecule has 0 aromatic heterocycles. The Hall–Kier alpha value is -2.54. The maximum absolute atomic E-state index is 13.6. The van der Waals surface area contributed by atoms with Crippen molar-refractivity contribution in [3.05, 3.63) is 41.7 Å². The first kappa shape index (κ1) is 17.8. The lowest BCUT2D eigenvalue weighted by atomic mass is 10.2. The van der Waals surface area contributed by atoms with Gasteiger partial charge in [-0.25, -0.2) is 4.39 Å². The second kappa shape index (κ2) is 7.83. The Bertz CT molecular complexity index is 728. The second-order valence-corrected chi connectivity index (χ2v) is 5.31. The summed E-state index contributed by atoms with van der Waals surface area (Å²) < 4.78 is 29.5. The average molecular weight is 350 g/mol. The molecule has 0 amide bonds. The fraction of sp³-hybridized carbons (Fsp3) is 0.235. The monoisotopic (exact) mass is 350 g/mol. The molecule has 2 N–H and O–H groups in total. The molecule has 0 radical (unpaired) electrons. The normalized spacial score (nSPS) is 10.0.